The molecule has 2 atom stereocenters. The van der Waals surface area contributed by atoms with Gasteiger partial charge in [-0.05, 0) is 18.2 Å². The van der Waals surface area contributed by atoms with Gasteiger partial charge in [-0.1, -0.05) is 11.6 Å². The SMILES string of the molecule is COc1ccc(Cl)cc1NCC(=O)NCC1CNCC1O. The first-order valence-electron chi connectivity index (χ1n) is 6.83. The summed E-state index contributed by atoms with van der Waals surface area (Å²) in [7, 11) is 1.56. The largest absolute Gasteiger partial charge is 0.495 e. The number of hydrogen-bond donors (Lipinski definition) is 4. The Balaban J connectivity index is 1.79. The van der Waals surface area contributed by atoms with Crippen LogP contribution in [-0.4, -0.2) is 50.4 Å². The highest BCUT2D eigenvalue weighted by Gasteiger charge is 2.24. The summed E-state index contributed by atoms with van der Waals surface area (Å²) in [4.78, 5) is 11.8. The van der Waals surface area contributed by atoms with Crippen LogP contribution in [0, 0.1) is 5.92 Å². The van der Waals surface area contributed by atoms with Crippen LogP contribution in [0.3, 0.4) is 0 Å². The van der Waals surface area contributed by atoms with Gasteiger partial charge in [-0.2, -0.15) is 0 Å². The summed E-state index contributed by atoms with van der Waals surface area (Å²) in [5, 5.41) is 19.1. The number of carbonyl (C=O) groups excluding carboxylic acids is 1. The minimum atomic E-state index is -0.397. The quantitative estimate of drug-likeness (QED) is 0.613. The Bertz CT molecular complexity index is 498. The van der Waals surface area contributed by atoms with Gasteiger partial charge in [-0.25, -0.2) is 0 Å². The van der Waals surface area contributed by atoms with Crippen molar-refractivity contribution in [2.75, 3.05) is 38.6 Å². The molecule has 1 aromatic rings. The Labute approximate surface area is 128 Å². The molecule has 0 aliphatic carbocycles. The number of anilines is 1. The number of methoxy groups -OCH3 is 1. The van der Waals surface area contributed by atoms with E-state index in [-0.39, 0.29) is 18.4 Å². The fraction of sp³-hybridized carbons (Fsp3) is 0.500. The van der Waals surface area contributed by atoms with Crippen LogP contribution >= 0.6 is 11.6 Å². The third kappa shape index (κ3) is 4.49. The summed E-state index contributed by atoms with van der Waals surface area (Å²) in [6, 6.07) is 5.17. The van der Waals surface area contributed by atoms with Crippen molar-refractivity contribution in [1.29, 1.82) is 0 Å². The van der Waals surface area contributed by atoms with Crippen molar-refractivity contribution in [3.63, 3.8) is 0 Å². The molecule has 21 heavy (non-hydrogen) atoms. The second kappa shape index (κ2) is 7.49. The van der Waals surface area contributed by atoms with E-state index in [0.717, 1.165) is 6.54 Å². The Morgan fingerprint density at radius 1 is 1.52 bits per heavy atom. The van der Waals surface area contributed by atoms with Crippen LogP contribution in [-0.2, 0) is 4.79 Å². The van der Waals surface area contributed by atoms with Crippen LogP contribution < -0.4 is 20.7 Å². The van der Waals surface area contributed by atoms with Gasteiger partial charge in [-0.15, -0.1) is 0 Å². The van der Waals surface area contributed by atoms with E-state index in [1.165, 1.54) is 0 Å². The second-order valence-corrected chi connectivity index (χ2v) is 5.42. The van der Waals surface area contributed by atoms with E-state index in [9.17, 15) is 9.90 Å². The molecule has 6 nitrogen and oxygen atoms in total. The van der Waals surface area contributed by atoms with Crippen LogP contribution in [0.1, 0.15) is 0 Å². The van der Waals surface area contributed by atoms with E-state index in [1.807, 2.05) is 0 Å². The van der Waals surface area contributed by atoms with Crippen molar-refractivity contribution in [1.82, 2.24) is 10.6 Å². The van der Waals surface area contributed by atoms with Crippen molar-refractivity contribution < 1.29 is 14.6 Å². The fourth-order valence-electron chi connectivity index (χ4n) is 2.23. The number of ether oxygens (including phenoxy) is 1. The maximum absolute atomic E-state index is 11.8. The number of benzene rings is 1. The molecule has 1 amide bonds. The molecule has 1 saturated heterocycles. The maximum Gasteiger partial charge on any atom is 0.239 e. The molecule has 0 spiro atoms. The average molecular weight is 314 g/mol. The highest BCUT2D eigenvalue weighted by Crippen LogP contribution is 2.27. The summed E-state index contributed by atoms with van der Waals surface area (Å²) < 4.78 is 5.19. The van der Waals surface area contributed by atoms with Gasteiger partial charge < -0.3 is 25.8 Å². The number of aliphatic hydroxyl groups is 1. The minimum Gasteiger partial charge on any atom is -0.495 e. The topological polar surface area (TPSA) is 82.6 Å². The summed E-state index contributed by atoms with van der Waals surface area (Å²) >= 11 is 5.92. The van der Waals surface area contributed by atoms with E-state index < -0.39 is 6.10 Å². The molecule has 2 rings (SSSR count). The fourth-order valence-corrected chi connectivity index (χ4v) is 2.40. The van der Waals surface area contributed by atoms with Crippen LogP contribution in [0.2, 0.25) is 5.02 Å². The minimum absolute atomic E-state index is 0.0645. The number of carbonyl (C=O) groups is 1. The van der Waals surface area contributed by atoms with Gasteiger partial charge in [0.25, 0.3) is 0 Å². The van der Waals surface area contributed by atoms with E-state index >= 15 is 0 Å². The lowest BCUT2D eigenvalue weighted by Crippen LogP contribution is -2.37. The van der Waals surface area contributed by atoms with Crippen molar-refractivity contribution >= 4 is 23.2 Å². The molecule has 1 heterocycles. The monoisotopic (exact) mass is 313 g/mol. The molecular formula is C14H20ClN3O3. The summed E-state index contributed by atoms with van der Waals surface area (Å²) in [5.74, 6) is 0.549. The summed E-state index contributed by atoms with van der Waals surface area (Å²) in [5.41, 5.74) is 0.669. The predicted molar refractivity (Wildman–Crippen MR) is 81.9 cm³/mol. The number of amides is 1. The van der Waals surface area contributed by atoms with Crippen molar-refractivity contribution in [3.05, 3.63) is 23.2 Å². The number of rotatable bonds is 6. The molecule has 1 aliphatic heterocycles. The van der Waals surface area contributed by atoms with E-state index in [1.54, 1.807) is 25.3 Å². The molecular weight excluding hydrogens is 294 g/mol. The number of aliphatic hydroxyl groups excluding tert-OH is 1. The second-order valence-electron chi connectivity index (χ2n) is 4.99. The first kappa shape index (κ1) is 15.9. The van der Waals surface area contributed by atoms with E-state index in [4.69, 9.17) is 16.3 Å². The molecule has 2 unspecified atom stereocenters. The lowest BCUT2D eigenvalue weighted by Gasteiger charge is -2.15. The van der Waals surface area contributed by atoms with E-state index in [2.05, 4.69) is 16.0 Å². The van der Waals surface area contributed by atoms with Gasteiger partial charge in [-0.3, -0.25) is 4.79 Å². The zero-order valence-corrected chi connectivity index (χ0v) is 12.6. The molecule has 0 radical (unpaired) electrons. The van der Waals surface area contributed by atoms with Gasteiger partial charge in [0.1, 0.15) is 5.75 Å². The Morgan fingerprint density at radius 2 is 2.33 bits per heavy atom. The number of nitrogens with one attached hydrogen (secondary N) is 3. The van der Waals surface area contributed by atoms with Crippen LogP contribution in [0.25, 0.3) is 0 Å². The highest BCUT2D eigenvalue weighted by molar-refractivity contribution is 6.30. The van der Waals surface area contributed by atoms with Crippen molar-refractivity contribution in [2.24, 2.45) is 5.92 Å². The molecule has 1 fully saturated rings. The van der Waals surface area contributed by atoms with Gasteiger partial charge in [0.15, 0.2) is 0 Å². The molecule has 7 heteroatoms. The zero-order chi connectivity index (χ0) is 15.2. The number of hydrogen-bond acceptors (Lipinski definition) is 5. The number of halogens is 1. The lowest BCUT2D eigenvalue weighted by molar-refractivity contribution is -0.119. The van der Waals surface area contributed by atoms with E-state index in [0.29, 0.717) is 29.5 Å². The highest BCUT2D eigenvalue weighted by atomic mass is 35.5. The normalized spacial score (nSPS) is 21.1. The summed E-state index contributed by atoms with van der Waals surface area (Å²) in [6.07, 6.45) is -0.397. The van der Waals surface area contributed by atoms with Gasteiger partial charge >= 0.3 is 0 Å². The third-order valence-electron chi connectivity index (χ3n) is 3.47. The van der Waals surface area contributed by atoms with Crippen LogP contribution in [0.15, 0.2) is 18.2 Å². The Hall–Kier alpha value is -1.50. The molecule has 1 aromatic carbocycles. The third-order valence-corrected chi connectivity index (χ3v) is 3.70. The Kier molecular flexibility index (Phi) is 5.67. The van der Waals surface area contributed by atoms with Crippen LogP contribution in [0.5, 0.6) is 5.75 Å². The van der Waals surface area contributed by atoms with Gasteiger partial charge in [0, 0.05) is 30.6 Å². The first-order chi connectivity index (χ1) is 10.1. The van der Waals surface area contributed by atoms with Gasteiger partial charge in [0.2, 0.25) is 5.91 Å². The Morgan fingerprint density at radius 3 is 3.00 bits per heavy atom. The molecule has 0 saturated carbocycles. The number of β-amino-alcohol motifs (C(OH)–C–C–N with tert-alkyl or cyclic N) is 1. The average Bonchev–Trinajstić information content (AvgIpc) is 2.88. The molecule has 0 bridgehead atoms. The standard InChI is InChI=1S/C14H20ClN3O3/c1-21-13-3-2-10(15)4-11(13)17-8-14(20)18-6-9-5-16-7-12(9)19/h2-4,9,12,16-17,19H,5-8H2,1H3,(H,18,20). The van der Waals surface area contributed by atoms with Gasteiger partial charge in [0.05, 0.1) is 25.4 Å². The molecule has 116 valence electrons. The molecule has 4 N–H and O–H groups in total. The zero-order valence-electron chi connectivity index (χ0n) is 11.9. The van der Waals surface area contributed by atoms with Crippen LogP contribution in [0.4, 0.5) is 5.69 Å². The first-order valence-corrected chi connectivity index (χ1v) is 7.21. The maximum atomic E-state index is 11.8. The lowest BCUT2D eigenvalue weighted by atomic mass is 10.1. The van der Waals surface area contributed by atoms with Crippen molar-refractivity contribution in [2.45, 2.75) is 6.10 Å². The smallest absolute Gasteiger partial charge is 0.239 e. The van der Waals surface area contributed by atoms with Crippen molar-refractivity contribution in [3.8, 4) is 5.75 Å². The predicted octanol–water partition coefficient (Wildman–Crippen LogP) is 0.457. The molecule has 0 aromatic heterocycles. The molecule has 1 aliphatic rings. The summed E-state index contributed by atoms with van der Waals surface area (Å²) in [6.45, 7) is 1.88.